The largest absolute Gasteiger partial charge is 0.481 e. The van der Waals surface area contributed by atoms with Crippen molar-refractivity contribution >= 4 is 17.3 Å². The van der Waals surface area contributed by atoms with Gasteiger partial charge in [0, 0.05) is 4.88 Å². The molecule has 0 aromatic carbocycles. The third-order valence-corrected chi connectivity index (χ3v) is 3.53. The zero-order valence-electron chi connectivity index (χ0n) is 9.57. The minimum absolute atomic E-state index is 0.371. The smallest absolute Gasteiger partial charge is 0.313 e. The SMILES string of the molecule is Cc1nc(C(CC(C)C)C(=O)O)sc1C. The Morgan fingerprint density at radius 1 is 1.47 bits per heavy atom. The summed E-state index contributed by atoms with van der Waals surface area (Å²) in [5, 5.41) is 9.88. The fourth-order valence-electron chi connectivity index (χ4n) is 1.43. The van der Waals surface area contributed by atoms with Crippen molar-refractivity contribution in [3.63, 3.8) is 0 Å². The molecule has 1 atom stereocenters. The number of aromatic nitrogens is 1. The second-order valence-corrected chi connectivity index (χ2v) is 5.45. The molecular formula is C11H17NO2S. The fraction of sp³-hybridized carbons (Fsp3) is 0.636. The average molecular weight is 227 g/mol. The van der Waals surface area contributed by atoms with Crippen LogP contribution in [0.25, 0.3) is 0 Å². The molecule has 0 spiro atoms. The summed E-state index contributed by atoms with van der Waals surface area (Å²) in [5.41, 5.74) is 0.949. The Morgan fingerprint density at radius 3 is 2.40 bits per heavy atom. The molecule has 0 aliphatic carbocycles. The molecule has 0 aliphatic rings. The molecule has 0 radical (unpaired) electrons. The van der Waals surface area contributed by atoms with Crippen LogP contribution in [0.5, 0.6) is 0 Å². The second-order valence-electron chi connectivity index (χ2n) is 4.21. The Labute approximate surface area is 94.2 Å². The first kappa shape index (κ1) is 12.2. The van der Waals surface area contributed by atoms with Crippen LogP contribution in [0.4, 0.5) is 0 Å². The molecule has 15 heavy (non-hydrogen) atoms. The topological polar surface area (TPSA) is 50.2 Å². The van der Waals surface area contributed by atoms with Gasteiger partial charge < -0.3 is 5.11 Å². The maximum atomic E-state index is 11.1. The molecule has 0 bridgehead atoms. The van der Waals surface area contributed by atoms with Crippen LogP contribution in [0.1, 0.15) is 41.8 Å². The highest BCUT2D eigenvalue weighted by atomic mass is 32.1. The second kappa shape index (κ2) is 4.75. The van der Waals surface area contributed by atoms with E-state index in [1.54, 1.807) is 0 Å². The summed E-state index contributed by atoms with van der Waals surface area (Å²) in [6.07, 6.45) is 0.654. The van der Waals surface area contributed by atoms with Gasteiger partial charge in [0.1, 0.15) is 10.9 Å². The minimum atomic E-state index is -0.766. The highest BCUT2D eigenvalue weighted by Gasteiger charge is 2.24. The molecule has 1 unspecified atom stereocenters. The Bertz CT molecular complexity index is 338. The van der Waals surface area contributed by atoms with Crippen molar-refractivity contribution in [1.29, 1.82) is 0 Å². The number of carbonyl (C=O) groups is 1. The van der Waals surface area contributed by atoms with Gasteiger partial charge in [-0.2, -0.15) is 0 Å². The molecule has 0 fully saturated rings. The van der Waals surface area contributed by atoms with Crippen molar-refractivity contribution < 1.29 is 9.90 Å². The van der Waals surface area contributed by atoms with E-state index in [0.29, 0.717) is 12.3 Å². The van der Waals surface area contributed by atoms with Gasteiger partial charge in [0.05, 0.1) is 5.69 Å². The van der Waals surface area contributed by atoms with E-state index >= 15 is 0 Å². The van der Waals surface area contributed by atoms with E-state index in [0.717, 1.165) is 15.6 Å². The minimum Gasteiger partial charge on any atom is -0.481 e. The molecule has 1 aromatic rings. The van der Waals surface area contributed by atoms with Gasteiger partial charge in [0.25, 0.3) is 0 Å². The third-order valence-electron chi connectivity index (χ3n) is 2.35. The summed E-state index contributed by atoms with van der Waals surface area (Å²) < 4.78 is 0. The van der Waals surface area contributed by atoms with Crippen molar-refractivity contribution in [3.8, 4) is 0 Å². The number of rotatable bonds is 4. The third kappa shape index (κ3) is 3.02. The number of aryl methyl sites for hydroxylation is 2. The standard InChI is InChI=1S/C11H17NO2S/c1-6(2)5-9(11(13)14)10-12-7(3)8(4)15-10/h6,9H,5H2,1-4H3,(H,13,14). The van der Waals surface area contributed by atoms with Crippen molar-refractivity contribution in [2.24, 2.45) is 5.92 Å². The first-order chi connectivity index (χ1) is 6.91. The van der Waals surface area contributed by atoms with Gasteiger partial charge >= 0.3 is 5.97 Å². The predicted molar refractivity (Wildman–Crippen MR) is 61.4 cm³/mol. The zero-order valence-corrected chi connectivity index (χ0v) is 10.4. The van der Waals surface area contributed by atoms with E-state index in [4.69, 9.17) is 5.11 Å². The number of hydrogen-bond donors (Lipinski definition) is 1. The van der Waals surface area contributed by atoms with Crippen LogP contribution < -0.4 is 0 Å². The first-order valence-corrected chi connectivity index (χ1v) is 5.90. The average Bonchev–Trinajstić information content (AvgIpc) is 2.42. The Balaban J connectivity index is 2.94. The summed E-state index contributed by atoms with van der Waals surface area (Å²) in [5.74, 6) is -0.838. The lowest BCUT2D eigenvalue weighted by atomic mass is 9.98. The number of carboxylic acids is 1. The van der Waals surface area contributed by atoms with Gasteiger partial charge in [-0.25, -0.2) is 4.98 Å². The van der Waals surface area contributed by atoms with Gasteiger partial charge in [0.15, 0.2) is 0 Å². The fourth-order valence-corrected chi connectivity index (χ4v) is 2.45. The Hall–Kier alpha value is -0.900. The number of nitrogens with zero attached hydrogens (tertiary/aromatic N) is 1. The maximum Gasteiger partial charge on any atom is 0.313 e. The van der Waals surface area contributed by atoms with Crippen LogP contribution in [-0.4, -0.2) is 16.1 Å². The van der Waals surface area contributed by atoms with Crippen LogP contribution in [0, 0.1) is 19.8 Å². The molecule has 0 saturated carbocycles. The lowest BCUT2D eigenvalue weighted by molar-refractivity contribution is -0.139. The normalized spacial score (nSPS) is 13.1. The van der Waals surface area contributed by atoms with Crippen LogP contribution >= 0.6 is 11.3 Å². The van der Waals surface area contributed by atoms with Gasteiger partial charge in [0.2, 0.25) is 0 Å². The van der Waals surface area contributed by atoms with Crippen molar-refractivity contribution in [2.75, 3.05) is 0 Å². The predicted octanol–water partition coefficient (Wildman–Crippen LogP) is 2.97. The summed E-state index contributed by atoms with van der Waals surface area (Å²) in [7, 11) is 0. The number of carboxylic acid groups (broad SMARTS) is 1. The van der Waals surface area contributed by atoms with Gasteiger partial charge in [-0.3, -0.25) is 4.79 Å². The van der Waals surface area contributed by atoms with E-state index in [2.05, 4.69) is 4.98 Å². The summed E-state index contributed by atoms with van der Waals surface area (Å²) >= 11 is 1.50. The Morgan fingerprint density at radius 2 is 2.07 bits per heavy atom. The van der Waals surface area contributed by atoms with E-state index in [-0.39, 0.29) is 0 Å². The quantitative estimate of drug-likeness (QED) is 0.860. The molecule has 1 heterocycles. The van der Waals surface area contributed by atoms with Gasteiger partial charge in [-0.1, -0.05) is 13.8 Å². The monoisotopic (exact) mass is 227 g/mol. The molecule has 0 saturated heterocycles. The van der Waals surface area contributed by atoms with Crippen molar-refractivity contribution in [1.82, 2.24) is 4.98 Å². The number of thiazole rings is 1. The maximum absolute atomic E-state index is 11.1. The molecule has 1 aromatic heterocycles. The number of aliphatic carboxylic acids is 1. The summed E-state index contributed by atoms with van der Waals surface area (Å²) in [6.45, 7) is 7.96. The van der Waals surface area contributed by atoms with E-state index < -0.39 is 11.9 Å². The van der Waals surface area contributed by atoms with Crippen LogP contribution in [0.3, 0.4) is 0 Å². The molecule has 0 amide bonds. The van der Waals surface area contributed by atoms with Gasteiger partial charge in [-0.15, -0.1) is 11.3 Å². The highest BCUT2D eigenvalue weighted by Crippen LogP contribution is 2.29. The lowest BCUT2D eigenvalue weighted by Crippen LogP contribution is -2.13. The number of hydrogen-bond acceptors (Lipinski definition) is 3. The van der Waals surface area contributed by atoms with E-state index in [1.165, 1.54) is 11.3 Å². The molecule has 1 rings (SSSR count). The molecule has 4 heteroatoms. The lowest BCUT2D eigenvalue weighted by Gasteiger charge is -2.11. The highest BCUT2D eigenvalue weighted by molar-refractivity contribution is 7.11. The Kier molecular flexibility index (Phi) is 3.85. The zero-order chi connectivity index (χ0) is 11.6. The van der Waals surface area contributed by atoms with Crippen molar-refractivity contribution in [3.05, 3.63) is 15.6 Å². The molecular weight excluding hydrogens is 210 g/mol. The van der Waals surface area contributed by atoms with Crippen LogP contribution in [-0.2, 0) is 4.79 Å². The van der Waals surface area contributed by atoms with Crippen LogP contribution in [0.15, 0.2) is 0 Å². The summed E-state index contributed by atoms with van der Waals surface area (Å²) in [4.78, 5) is 16.6. The van der Waals surface area contributed by atoms with Crippen molar-refractivity contribution in [2.45, 2.75) is 40.0 Å². The van der Waals surface area contributed by atoms with Crippen LogP contribution in [0.2, 0.25) is 0 Å². The molecule has 1 N–H and O–H groups in total. The van der Waals surface area contributed by atoms with E-state index in [1.807, 2.05) is 27.7 Å². The summed E-state index contributed by atoms with van der Waals surface area (Å²) in [6, 6.07) is 0. The molecule has 0 aliphatic heterocycles. The van der Waals surface area contributed by atoms with Gasteiger partial charge in [-0.05, 0) is 26.2 Å². The molecule has 84 valence electrons. The van der Waals surface area contributed by atoms with E-state index in [9.17, 15) is 4.79 Å². The molecule has 3 nitrogen and oxygen atoms in total. The first-order valence-electron chi connectivity index (χ1n) is 5.08.